The highest BCUT2D eigenvalue weighted by Crippen LogP contribution is 2.14. The molecule has 1 radical (unpaired) electrons. The Hall–Kier alpha value is -2.02. The second-order valence-electron chi connectivity index (χ2n) is 2.84. The fraction of sp³-hybridized carbons (Fsp3) is 0.182. The summed E-state index contributed by atoms with van der Waals surface area (Å²) >= 11 is 0. The van der Waals surface area contributed by atoms with Crippen LogP contribution in [-0.2, 0) is 4.74 Å². The molecule has 0 aliphatic rings. The molecule has 0 atom stereocenters. The molecular weight excluding hydrogens is 192 g/mol. The molecule has 1 rings (SSSR count). The van der Waals surface area contributed by atoms with Crippen LogP contribution in [0.15, 0.2) is 24.3 Å². The standard InChI is InChI=1S/C11H11N2O2/c1-3-15-11(14)13(2)10-6-4-5-9(7-10)8-12/h4-7H,1,3H2,2H3. The van der Waals surface area contributed by atoms with Crippen LogP contribution in [-0.4, -0.2) is 19.7 Å². The number of benzene rings is 1. The summed E-state index contributed by atoms with van der Waals surface area (Å²) in [5.41, 5.74) is 1.12. The molecule has 15 heavy (non-hydrogen) atoms. The lowest BCUT2D eigenvalue weighted by atomic mass is 10.2. The van der Waals surface area contributed by atoms with E-state index in [1.165, 1.54) is 4.90 Å². The monoisotopic (exact) mass is 203 g/mol. The minimum Gasteiger partial charge on any atom is -0.449 e. The van der Waals surface area contributed by atoms with Crippen molar-refractivity contribution in [2.45, 2.75) is 0 Å². The molecule has 1 aromatic carbocycles. The lowest BCUT2D eigenvalue weighted by molar-refractivity contribution is 0.167. The quantitative estimate of drug-likeness (QED) is 0.738. The SMILES string of the molecule is [CH2]COC(=O)N(C)c1cccc(C#N)c1. The minimum absolute atomic E-state index is 0.0844. The van der Waals surface area contributed by atoms with Crippen LogP contribution in [0.1, 0.15) is 5.56 Å². The number of amides is 1. The molecule has 0 spiro atoms. The highest BCUT2D eigenvalue weighted by molar-refractivity contribution is 5.87. The van der Waals surface area contributed by atoms with Gasteiger partial charge in [0.25, 0.3) is 0 Å². The molecule has 0 saturated carbocycles. The lowest BCUT2D eigenvalue weighted by Gasteiger charge is -2.16. The summed E-state index contributed by atoms with van der Waals surface area (Å²) in [6.07, 6.45) is -0.486. The van der Waals surface area contributed by atoms with Crippen molar-refractivity contribution in [3.63, 3.8) is 0 Å². The number of hydrogen-bond acceptors (Lipinski definition) is 3. The highest BCUT2D eigenvalue weighted by atomic mass is 16.6. The first-order valence-electron chi connectivity index (χ1n) is 4.39. The third-order valence-electron chi connectivity index (χ3n) is 1.86. The Bertz CT molecular complexity index is 396. The van der Waals surface area contributed by atoms with Gasteiger partial charge in [0.2, 0.25) is 0 Å². The van der Waals surface area contributed by atoms with E-state index in [9.17, 15) is 4.79 Å². The Labute approximate surface area is 88.7 Å². The first kappa shape index (κ1) is 11.1. The van der Waals surface area contributed by atoms with E-state index in [0.717, 1.165) is 0 Å². The molecule has 4 nitrogen and oxygen atoms in total. The summed E-state index contributed by atoms with van der Waals surface area (Å²) in [7, 11) is 1.58. The highest BCUT2D eigenvalue weighted by Gasteiger charge is 2.11. The molecule has 0 N–H and O–H groups in total. The fourth-order valence-electron chi connectivity index (χ4n) is 1.07. The second kappa shape index (κ2) is 5.01. The van der Waals surface area contributed by atoms with Gasteiger partial charge < -0.3 is 4.74 Å². The van der Waals surface area contributed by atoms with Crippen LogP contribution in [0.2, 0.25) is 0 Å². The Morgan fingerprint density at radius 1 is 1.67 bits per heavy atom. The minimum atomic E-state index is -0.486. The van der Waals surface area contributed by atoms with Gasteiger partial charge in [-0.15, -0.1) is 0 Å². The van der Waals surface area contributed by atoms with E-state index in [1.54, 1.807) is 31.3 Å². The number of hydrogen-bond donors (Lipinski definition) is 0. The maximum Gasteiger partial charge on any atom is 0.414 e. The zero-order valence-electron chi connectivity index (χ0n) is 8.43. The van der Waals surface area contributed by atoms with E-state index in [0.29, 0.717) is 11.3 Å². The van der Waals surface area contributed by atoms with Crippen molar-refractivity contribution >= 4 is 11.8 Å². The van der Waals surface area contributed by atoms with Crippen molar-refractivity contribution in [3.8, 4) is 6.07 Å². The summed E-state index contributed by atoms with van der Waals surface area (Å²) < 4.78 is 4.72. The van der Waals surface area contributed by atoms with Gasteiger partial charge >= 0.3 is 6.09 Å². The number of carbonyl (C=O) groups excluding carboxylic acids is 1. The topological polar surface area (TPSA) is 53.3 Å². The normalized spacial score (nSPS) is 9.13. The van der Waals surface area contributed by atoms with Crippen molar-refractivity contribution in [2.24, 2.45) is 0 Å². The van der Waals surface area contributed by atoms with Gasteiger partial charge in [0.05, 0.1) is 18.2 Å². The second-order valence-corrected chi connectivity index (χ2v) is 2.84. The average molecular weight is 203 g/mol. The maximum absolute atomic E-state index is 11.3. The number of carbonyl (C=O) groups is 1. The predicted octanol–water partition coefficient (Wildman–Crippen LogP) is 1.97. The van der Waals surface area contributed by atoms with Gasteiger partial charge in [-0.2, -0.15) is 5.26 Å². The van der Waals surface area contributed by atoms with E-state index < -0.39 is 6.09 Å². The maximum atomic E-state index is 11.3. The molecule has 0 aromatic heterocycles. The molecular formula is C11H11N2O2. The van der Waals surface area contributed by atoms with Gasteiger partial charge in [-0.25, -0.2) is 4.79 Å². The molecule has 4 heteroatoms. The molecule has 77 valence electrons. The Kier molecular flexibility index (Phi) is 3.69. The van der Waals surface area contributed by atoms with E-state index in [1.807, 2.05) is 6.07 Å². The Morgan fingerprint density at radius 3 is 3.00 bits per heavy atom. The van der Waals surface area contributed by atoms with E-state index in [-0.39, 0.29) is 6.61 Å². The van der Waals surface area contributed by atoms with E-state index in [4.69, 9.17) is 10.00 Å². The summed E-state index contributed by atoms with van der Waals surface area (Å²) in [4.78, 5) is 12.6. The number of ether oxygens (including phenoxy) is 1. The average Bonchev–Trinajstić information content (AvgIpc) is 2.28. The van der Waals surface area contributed by atoms with Crippen LogP contribution in [0.5, 0.6) is 0 Å². The largest absolute Gasteiger partial charge is 0.449 e. The number of anilines is 1. The van der Waals surface area contributed by atoms with Gasteiger partial charge in [0.1, 0.15) is 0 Å². The smallest absolute Gasteiger partial charge is 0.414 e. The first-order chi connectivity index (χ1) is 7.19. The van der Waals surface area contributed by atoms with Crippen molar-refractivity contribution in [1.29, 1.82) is 5.26 Å². The third kappa shape index (κ3) is 2.71. The molecule has 0 heterocycles. The third-order valence-corrected chi connectivity index (χ3v) is 1.86. The molecule has 0 aliphatic heterocycles. The molecule has 1 aromatic rings. The van der Waals surface area contributed by atoms with Crippen molar-refractivity contribution in [3.05, 3.63) is 36.8 Å². The van der Waals surface area contributed by atoms with Gasteiger partial charge in [-0.3, -0.25) is 4.90 Å². The summed E-state index contributed by atoms with van der Waals surface area (Å²) in [6.45, 7) is 3.50. The Morgan fingerprint density at radius 2 is 2.40 bits per heavy atom. The van der Waals surface area contributed by atoms with Crippen LogP contribution in [0, 0.1) is 18.3 Å². The van der Waals surface area contributed by atoms with Gasteiger partial charge in [0, 0.05) is 12.7 Å². The van der Waals surface area contributed by atoms with E-state index in [2.05, 4.69) is 6.92 Å². The molecule has 0 saturated heterocycles. The van der Waals surface area contributed by atoms with Gasteiger partial charge in [-0.1, -0.05) is 6.07 Å². The fourth-order valence-corrected chi connectivity index (χ4v) is 1.07. The van der Waals surface area contributed by atoms with Gasteiger partial charge in [-0.05, 0) is 25.1 Å². The first-order valence-corrected chi connectivity index (χ1v) is 4.39. The van der Waals surface area contributed by atoms with Crippen LogP contribution in [0.25, 0.3) is 0 Å². The zero-order valence-corrected chi connectivity index (χ0v) is 8.43. The van der Waals surface area contributed by atoms with E-state index >= 15 is 0 Å². The Balaban J connectivity index is 2.87. The van der Waals surface area contributed by atoms with Crippen LogP contribution >= 0.6 is 0 Å². The summed E-state index contributed by atoms with van der Waals surface area (Å²) in [5.74, 6) is 0. The number of rotatable bonds is 2. The zero-order chi connectivity index (χ0) is 11.3. The van der Waals surface area contributed by atoms with Crippen LogP contribution < -0.4 is 4.90 Å². The molecule has 0 aliphatic carbocycles. The number of nitrogens with zero attached hydrogens (tertiary/aromatic N) is 2. The lowest BCUT2D eigenvalue weighted by Crippen LogP contribution is -2.26. The van der Waals surface area contributed by atoms with Crippen LogP contribution in [0.4, 0.5) is 10.5 Å². The predicted molar refractivity (Wildman–Crippen MR) is 56.3 cm³/mol. The molecule has 0 unspecified atom stereocenters. The van der Waals surface area contributed by atoms with Crippen LogP contribution in [0.3, 0.4) is 0 Å². The van der Waals surface area contributed by atoms with Crippen molar-refractivity contribution in [1.82, 2.24) is 0 Å². The summed E-state index contributed by atoms with van der Waals surface area (Å²) in [5, 5.41) is 8.69. The van der Waals surface area contributed by atoms with Crippen molar-refractivity contribution in [2.75, 3.05) is 18.6 Å². The van der Waals surface area contributed by atoms with Gasteiger partial charge in [0.15, 0.2) is 0 Å². The molecule has 0 fully saturated rings. The number of nitriles is 1. The van der Waals surface area contributed by atoms with Crippen molar-refractivity contribution < 1.29 is 9.53 Å². The summed E-state index contributed by atoms with van der Waals surface area (Å²) in [6, 6.07) is 8.73. The molecule has 1 amide bonds. The molecule has 0 bridgehead atoms.